The number of epoxide rings is 1. The van der Waals surface area contributed by atoms with Crippen molar-refractivity contribution in [2.24, 2.45) is 10.9 Å². The number of hydrogen-bond acceptors (Lipinski definition) is 3. The molecule has 3 rings (SSSR count). The standard InChI is InChI=1S/C14H17NO2/c1-9(2)11-8-16-14(15-11)13-12(17-13)10-6-4-3-5-7-10/h3-7,9,11-13H,8H2,1-2H3/t11-,12-,13+/m1/s1. The maximum Gasteiger partial charge on any atom is 0.217 e. The molecule has 0 radical (unpaired) electrons. The number of hydrogen-bond donors (Lipinski definition) is 0. The van der Waals surface area contributed by atoms with Crippen LogP contribution in [0.4, 0.5) is 0 Å². The van der Waals surface area contributed by atoms with Gasteiger partial charge in [0.25, 0.3) is 0 Å². The van der Waals surface area contributed by atoms with Crippen molar-refractivity contribution < 1.29 is 9.47 Å². The van der Waals surface area contributed by atoms with Crippen molar-refractivity contribution in [3.63, 3.8) is 0 Å². The molecule has 1 fully saturated rings. The van der Waals surface area contributed by atoms with E-state index in [9.17, 15) is 0 Å². The summed E-state index contributed by atoms with van der Waals surface area (Å²) in [6.07, 6.45) is 0.182. The van der Waals surface area contributed by atoms with Gasteiger partial charge in [0.2, 0.25) is 5.90 Å². The zero-order chi connectivity index (χ0) is 11.8. The molecule has 0 saturated carbocycles. The monoisotopic (exact) mass is 231 g/mol. The summed E-state index contributed by atoms with van der Waals surface area (Å²) >= 11 is 0. The predicted molar refractivity (Wildman–Crippen MR) is 66.1 cm³/mol. The van der Waals surface area contributed by atoms with Crippen LogP contribution in [0.2, 0.25) is 0 Å². The van der Waals surface area contributed by atoms with Crippen LogP contribution >= 0.6 is 0 Å². The molecule has 2 aliphatic heterocycles. The number of benzene rings is 1. The summed E-state index contributed by atoms with van der Waals surface area (Å²) in [4.78, 5) is 4.59. The summed E-state index contributed by atoms with van der Waals surface area (Å²) in [5.41, 5.74) is 1.21. The maximum absolute atomic E-state index is 5.66. The Labute approximate surface area is 101 Å². The molecule has 17 heavy (non-hydrogen) atoms. The van der Waals surface area contributed by atoms with E-state index in [0.29, 0.717) is 18.6 Å². The maximum atomic E-state index is 5.66. The van der Waals surface area contributed by atoms with E-state index in [-0.39, 0.29) is 12.2 Å². The molecule has 1 aromatic rings. The lowest BCUT2D eigenvalue weighted by molar-refractivity contribution is 0.277. The van der Waals surface area contributed by atoms with Gasteiger partial charge in [-0.2, -0.15) is 0 Å². The fraction of sp³-hybridized carbons (Fsp3) is 0.500. The van der Waals surface area contributed by atoms with E-state index in [1.54, 1.807) is 0 Å². The first kappa shape index (κ1) is 10.8. The Morgan fingerprint density at radius 2 is 1.94 bits per heavy atom. The molecule has 1 aromatic carbocycles. The van der Waals surface area contributed by atoms with E-state index in [0.717, 1.165) is 5.90 Å². The highest BCUT2D eigenvalue weighted by molar-refractivity contribution is 5.85. The van der Waals surface area contributed by atoms with Crippen LogP contribution in [-0.4, -0.2) is 24.7 Å². The molecule has 0 bridgehead atoms. The summed E-state index contributed by atoms with van der Waals surface area (Å²) in [6, 6.07) is 10.5. The van der Waals surface area contributed by atoms with E-state index in [1.807, 2.05) is 18.2 Å². The number of aliphatic imine (C=N–C) groups is 1. The van der Waals surface area contributed by atoms with Crippen LogP contribution in [0.5, 0.6) is 0 Å². The lowest BCUT2D eigenvalue weighted by atomic mass is 10.1. The number of nitrogens with zero attached hydrogens (tertiary/aromatic N) is 1. The third kappa shape index (κ3) is 2.07. The van der Waals surface area contributed by atoms with Gasteiger partial charge in [-0.25, -0.2) is 4.99 Å². The van der Waals surface area contributed by atoms with Crippen LogP contribution < -0.4 is 0 Å². The summed E-state index contributed by atoms with van der Waals surface area (Å²) in [6.45, 7) is 5.04. The Kier molecular flexibility index (Phi) is 2.63. The lowest BCUT2D eigenvalue weighted by Crippen LogP contribution is -2.13. The van der Waals surface area contributed by atoms with E-state index in [2.05, 4.69) is 31.0 Å². The molecular formula is C14H17NO2. The summed E-state index contributed by atoms with van der Waals surface area (Å²) < 4.78 is 11.3. The first-order valence-corrected chi connectivity index (χ1v) is 6.16. The van der Waals surface area contributed by atoms with Gasteiger partial charge in [-0.05, 0) is 11.5 Å². The van der Waals surface area contributed by atoms with Crippen molar-refractivity contribution in [1.29, 1.82) is 0 Å². The van der Waals surface area contributed by atoms with Crippen LogP contribution in [0.15, 0.2) is 35.3 Å². The largest absolute Gasteiger partial charge is 0.477 e. The van der Waals surface area contributed by atoms with Gasteiger partial charge in [-0.3, -0.25) is 0 Å². The van der Waals surface area contributed by atoms with Crippen molar-refractivity contribution in [3.05, 3.63) is 35.9 Å². The third-order valence-corrected chi connectivity index (χ3v) is 3.33. The van der Waals surface area contributed by atoms with Gasteiger partial charge < -0.3 is 9.47 Å². The molecular weight excluding hydrogens is 214 g/mol. The van der Waals surface area contributed by atoms with Gasteiger partial charge in [0.1, 0.15) is 12.7 Å². The molecule has 0 spiro atoms. The summed E-state index contributed by atoms with van der Waals surface area (Å²) in [5.74, 6) is 1.32. The molecule has 0 amide bonds. The van der Waals surface area contributed by atoms with Crippen molar-refractivity contribution in [3.8, 4) is 0 Å². The fourth-order valence-corrected chi connectivity index (χ4v) is 2.10. The minimum absolute atomic E-state index is 0.0427. The first-order valence-electron chi connectivity index (χ1n) is 6.16. The quantitative estimate of drug-likeness (QED) is 0.749. The van der Waals surface area contributed by atoms with E-state index in [4.69, 9.17) is 9.47 Å². The van der Waals surface area contributed by atoms with Gasteiger partial charge >= 0.3 is 0 Å². The molecule has 0 unspecified atom stereocenters. The van der Waals surface area contributed by atoms with Crippen LogP contribution in [0.25, 0.3) is 0 Å². The highest BCUT2D eigenvalue weighted by Gasteiger charge is 2.47. The second kappa shape index (κ2) is 4.15. The van der Waals surface area contributed by atoms with Gasteiger partial charge in [0, 0.05) is 0 Å². The van der Waals surface area contributed by atoms with Crippen LogP contribution in [-0.2, 0) is 9.47 Å². The molecule has 2 heterocycles. The van der Waals surface area contributed by atoms with Gasteiger partial charge in [-0.1, -0.05) is 44.2 Å². The zero-order valence-electron chi connectivity index (χ0n) is 10.2. The highest BCUT2D eigenvalue weighted by atomic mass is 16.6. The van der Waals surface area contributed by atoms with Crippen molar-refractivity contribution in [2.75, 3.05) is 6.61 Å². The normalized spacial score (nSPS) is 31.2. The Morgan fingerprint density at radius 1 is 1.18 bits per heavy atom. The Bertz CT molecular complexity index is 427. The third-order valence-electron chi connectivity index (χ3n) is 3.33. The molecule has 1 saturated heterocycles. The van der Waals surface area contributed by atoms with Crippen LogP contribution in [0.3, 0.4) is 0 Å². The molecule has 3 heteroatoms. The Morgan fingerprint density at radius 3 is 2.59 bits per heavy atom. The second-order valence-electron chi connectivity index (χ2n) is 4.98. The fourth-order valence-electron chi connectivity index (χ4n) is 2.10. The predicted octanol–water partition coefficient (Wildman–Crippen LogP) is 2.58. The lowest BCUT2D eigenvalue weighted by Gasteiger charge is -2.06. The Balaban J connectivity index is 1.68. The molecule has 0 N–H and O–H groups in total. The smallest absolute Gasteiger partial charge is 0.217 e. The molecule has 3 atom stereocenters. The summed E-state index contributed by atoms with van der Waals surface area (Å²) in [7, 11) is 0. The van der Waals surface area contributed by atoms with E-state index in [1.165, 1.54) is 5.56 Å². The van der Waals surface area contributed by atoms with E-state index < -0.39 is 0 Å². The van der Waals surface area contributed by atoms with Gasteiger partial charge in [0.15, 0.2) is 6.10 Å². The average Bonchev–Trinajstić information content (AvgIpc) is 2.99. The number of ether oxygens (including phenoxy) is 2. The van der Waals surface area contributed by atoms with Gasteiger partial charge in [0.05, 0.1) is 6.04 Å². The number of rotatable bonds is 3. The molecule has 90 valence electrons. The Hall–Kier alpha value is -1.35. The minimum Gasteiger partial charge on any atom is -0.477 e. The first-order chi connectivity index (χ1) is 8.25. The average molecular weight is 231 g/mol. The second-order valence-corrected chi connectivity index (χ2v) is 4.98. The van der Waals surface area contributed by atoms with Crippen molar-refractivity contribution in [1.82, 2.24) is 0 Å². The van der Waals surface area contributed by atoms with Crippen LogP contribution in [0.1, 0.15) is 25.5 Å². The van der Waals surface area contributed by atoms with E-state index >= 15 is 0 Å². The van der Waals surface area contributed by atoms with Crippen molar-refractivity contribution in [2.45, 2.75) is 32.1 Å². The minimum atomic E-state index is 0.0427. The summed E-state index contributed by atoms with van der Waals surface area (Å²) in [5, 5.41) is 0. The highest BCUT2D eigenvalue weighted by Crippen LogP contribution is 2.40. The van der Waals surface area contributed by atoms with Gasteiger partial charge in [-0.15, -0.1) is 0 Å². The molecule has 3 nitrogen and oxygen atoms in total. The zero-order valence-corrected chi connectivity index (χ0v) is 10.2. The van der Waals surface area contributed by atoms with Crippen molar-refractivity contribution >= 4 is 5.90 Å². The topological polar surface area (TPSA) is 34.1 Å². The van der Waals surface area contributed by atoms with Crippen LogP contribution in [0, 0.1) is 5.92 Å². The molecule has 0 aliphatic carbocycles. The SMILES string of the molecule is CC(C)[C@H]1COC([C@H]2O[C@@H]2c2ccccc2)=N1. The molecule has 2 aliphatic rings. The molecule has 0 aromatic heterocycles.